The van der Waals surface area contributed by atoms with E-state index in [1.54, 1.807) is 24.3 Å². The highest BCUT2D eigenvalue weighted by molar-refractivity contribution is 6.33. The van der Waals surface area contributed by atoms with Crippen molar-refractivity contribution in [3.63, 3.8) is 0 Å². The van der Waals surface area contributed by atoms with Gasteiger partial charge in [-0.15, -0.1) is 0 Å². The van der Waals surface area contributed by atoms with Crippen molar-refractivity contribution >= 4 is 34.9 Å². The van der Waals surface area contributed by atoms with Gasteiger partial charge in [0.15, 0.2) is 0 Å². The maximum absolute atomic E-state index is 12.1. The summed E-state index contributed by atoms with van der Waals surface area (Å²) in [6.45, 7) is 4.41. The van der Waals surface area contributed by atoms with E-state index < -0.39 is 5.97 Å². The number of ether oxygens (including phenoxy) is 1. The van der Waals surface area contributed by atoms with Crippen molar-refractivity contribution in [3.8, 4) is 0 Å². The highest BCUT2D eigenvalue weighted by atomic mass is 35.5. The van der Waals surface area contributed by atoms with Crippen LogP contribution in [0.4, 0.5) is 11.4 Å². The van der Waals surface area contributed by atoms with E-state index in [1.807, 2.05) is 26.0 Å². The van der Waals surface area contributed by atoms with Gasteiger partial charge in [0.05, 0.1) is 23.4 Å². The summed E-state index contributed by atoms with van der Waals surface area (Å²) in [5, 5.41) is 6.61. The predicted octanol–water partition coefficient (Wildman–Crippen LogP) is 4.18. The standard InChI is InChI=1S/C19H21ClN2O3/c1-12-9-13(2)18(16(20)10-12)21-8-7-17(23)22-15-6-4-5-14(11-15)19(24)25-3/h4-6,9-11,21H,7-8H2,1-3H3,(H,22,23). The molecule has 0 saturated heterocycles. The van der Waals surface area contributed by atoms with Crippen LogP contribution in [-0.4, -0.2) is 25.5 Å². The number of rotatable bonds is 6. The molecule has 132 valence electrons. The van der Waals surface area contributed by atoms with E-state index in [4.69, 9.17) is 11.6 Å². The lowest BCUT2D eigenvalue weighted by molar-refractivity contribution is -0.115. The average molecular weight is 361 g/mol. The number of aryl methyl sites for hydroxylation is 2. The zero-order chi connectivity index (χ0) is 18.4. The van der Waals surface area contributed by atoms with Gasteiger partial charge in [0.25, 0.3) is 0 Å². The molecule has 0 heterocycles. The fourth-order valence-electron chi connectivity index (χ4n) is 2.51. The van der Waals surface area contributed by atoms with Crippen molar-refractivity contribution < 1.29 is 14.3 Å². The van der Waals surface area contributed by atoms with E-state index in [0.29, 0.717) is 22.8 Å². The molecule has 1 amide bonds. The van der Waals surface area contributed by atoms with E-state index in [0.717, 1.165) is 16.8 Å². The number of carbonyl (C=O) groups is 2. The minimum absolute atomic E-state index is 0.157. The molecule has 0 atom stereocenters. The number of hydrogen-bond acceptors (Lipinski definition) is 4. The first-order valence-corrected chi connectivity index (χ1v) is 8.27. The van der Waals surface area contributed by atoms with Crippen molar-refractivity contribution in [1.82, 2.24) is 0 Å². The third kappa shape index (κ3) is 5.22. The van der Waals surface area contributed by atoms with E-state index in [1.165, 1.54) is 7.11 Å². The summed E-state index contributed by atoms with van der Waals surface area (Å²) < 4.78 is 4.67. The molecule has 2 N–H and O–H groups in total. The smallest absolute Gasteiger partial charge is 0.337 e. The van der Waals surface area contributed by atoms with Gasteiger partial charge < -0.3 is 15.4 Å². The van der Waals surface area contributed by atoms with Gasteiger partial charge in [0, 0.05) is 18.7 Å². The summed E-state index contributed by atoms with van der Waals surface area (Å²) >= 11 is 6.23. The van der Waals surface area contributed by atoms with Crippen LogP contribution >= 0.6 is 11.6 Å². The molecular formula is C19H21ClN2O3. The molecule has 0 fully saturated rings. The Kier molecular flexibility index (Phi) is 6.42. The number of amides is 1. The number of esters is 1. The second kappa shape index (κ2) is 8.53. The third-order valence-corrected chi connectivity index (χ3v) is 3.95. The Morgan fingerprint density at radius 1 is 1.16 bits per heavy atom. The molecule has 0 aliphatic heterocycles. The number of benzene rings is 2. The Morgan fingerprint density at radius 3 is 2.60 bits per heavy atom. The van der Waals surface area contributed by atoms with Crippen LogP contribution < -0.4 is 10.6 Å². The monoisotopic (exact) mass is 360 g/mol. The Hall–Kier alpha value is -2.53. The summed E-state index contributed by atoms with van der Waals surface area (Å²) in [4.78, 5) is 23.6. The summed E-state index contributed by atoms with van der Waals surface area (Å²) in [6.07, 6.45) is 0.270. The largest absolute Gasteiger partial charge is 0.465 e. The second-order valence-corrected chi connectivity index (χ2v) is 6.14. The van der Waals surface area contributed by atoms with Crippen LogP contribution in [0.2, 0.25) is 5.02 Å². The highest BCUT2D eigenvalue weighted by Gasteiger charge is 2.09. The maximum Gasteiger partial charge on any atom is 0.337 e. The first kappa shape index (κ1) is 18.8. The summed E-state index contributed by atoms with van der Waals surface area (Å²) in [5.74, 6) is -0.599. The molecule has 0 aliphatic rings. The average Bonchev–Trinajstić information content (AvgIpc) is 2.56. The molecule has 2 aromatic rings. The Morgan fingerprint density at radius 2 is 1.92 bits per heavy atom. The van der Waals surface area contributed by atoms with Crippen molar-refractivity contribution in [2.75, 3.05) is 24.3 Å². The Labute approximate surface area is 152 Å². The van der Waals surface area contributed by atoms with Crippen LogP contribution in [0.5, 0.6) is 0 Å². The Bertz CT molecular complexity index is 767. The van der Waals surface area contributed by atoms with E-state index in [-0.39, 0.29) is 12.3 Å². The zero-order valence-corrected chi connectivity index (χ0v) is 15.2. The molecule has 0 unspecified atom stereocenters. The fraction of sp³-hybridized carbons (Fsp3) is 0.263. The molecule has 0 saturated carbocycles. The van der Waals surface area contributed by atoms with Crippen molar-refractivity contribution in [3.05, 3.63) is 58.1 Å². The van der Waals surface area contributed by atoms with Crippen molar-refractivity contribution in [2.24, 2.45) is 0 Å². The number of methoxy groups -OCH3 is 1. The van der Waals surface area contributed by atoms with Crippen molar-refractivity contribution in [2.45, 2.75) is 20.3 Å². The minimum Gasteiger partial charge on any atom is -0.465 e. The van der Waals surface area contributed by atoms with Gasteiger partial charge in [-0.3, -0.25) is 4.79 Å². The number of carbonyl (C=O) groups excluding carboxylic acids is 2. The van der Waals surface area contributed by atoms with Gasteiger partial charge in [0.2, 0.25) is 5.91 Å². The second-order valence-electron chi connectivity index (χ2n) is 5.74. The van der Waals surface area contributed by atoms with Gasteiger partial charge in [-0.2, -0.15) is 0 Å². The molecule has 0 radical (unpaired) electrons. The maximum atomic E-state index is 12.1. The molecule has 6 heteroatoms. The van der Waals surface area contributed by atoms with Gasteiger partial charge in [0.1, 0.15) is 0 Å². The summed E-state index contributed by atoms with van der Waals surface area (Å²) in [6, 6.07) is 10.5. The number of halogens is 1. The van der Waals surface area contributed by atoms with Crippen LogP contribution in [0.1, 0.15) is 27.9 Å². The summed E-state index contributed by atoms with van der Waals surface area (Å²) in [7, 11) is 1.32. The van der Waals surface area contributed by atoms with Gasteiger partial charge >= 0.3 is 5.97 Å². The molecular weight excluding hydrogens is 340 g/mol. The number of anilines is 2. The van der Waals surface area contributed by atoms with Crippen molar-refractivity contribution in [1.29, 1.82) is 0 Å². The lowest BCUT2D eigenvalue weighted by Gasteiger charge is -2.13. The van der Waals surface area contributed by atoms with Gasteiger partial charge in [-0.05, 0) is 49.2 Å². The molecule has 2 aromatic carbocycles. The van der Waals surface area contributed by atoms with E-state index in [2.05, 4.69) is 15.4 Å². The minimum atomic E-state index is -0.442. The van der Waals surface area contributed by atoms with E-state index >= 15 is 0 Å². The van der Waals surface area contributed by atoms with Crippen LogP contribution in [0.15, 0.2) is 36.4 Å². The predicted molar refractivity (Wildman–Crippen MR) is 100 cm³/mol. The highest BCUT2D eigenvalue weighted by Crippen LogP contribution is 2.27. The topological polar surface area (TPSA) is 67.4 Å². The van der Waals surface area contributed by atoms with Gasteiger partial charge in [-0.25, -0.2) is 4.79 Å². The normalized spacial score (nSPS) is 10.2. The molecule has 0 spiro atoms. The SMILES string of the molecule is COC(=O)c1cccc(NC(=O)CCNc2c(C)cc(C)cc2Cl)c1. The Balaban J connectivity index is 1.90. The molecule has 5 nitrogen and oxygen atoms in total. The van der Waals surface area contributed by atoms with Gasteiger partial charge in [-0.1, -0.05) is 23.7 Å². The molecule has 25 heavy (non-hydrogen) atoms. The molecule has 0 aliphatic carbocycles. The first-order valence-electron chi connectivity index (χ1n) is 7.89. The number of nitrogens with one attached hydrogen (secondary N) is 2. The lowest BCUT2D eigenvalue weighted by atomic mass is 10.1. The van der Waals surface area contributed by atoms with Crippen LogP contribution in [0.3, 0.4) is 0 Å². The summed E-state index contributed by atoms with van der Waals surface area (Å²) in [5.41, 5.74) is 3.91. The van der Waals surface area contributed by atoms with Crippen LogP contribution in [-0.2, 0) is 9.53 Å². The van der Waals surface area contributed by atoms with E-state index in [9.17, 15) is 9.59 Å². The third-order valence-electron chi connectivity index (χ3n) is 3.65. The van der Waals surface area contributed by atoms with Crippen LogP contribution in [0.25, 0.3) is 0 Å². The zero-order valence-electron chi connectivity index (χ0n) is 14.5. The first-order chi connectivity index (χ1) is 11.9. The molecule has 0 aromatic heterocycles. The van der Waals surface area contributed by atoms with Crippen LogP contribution in [0, 0.1) is 13.8 Å². The number of hydrogen-bond donors (Lipinski definition) is 2. The molecule has 2 rings (SSSR count). The lowest BCUT2D eigenvalue weighted by Crippen LogP contribution is -2.17. The quantitative estimate of drug-likeness (QED) is 0.758. The molecule has 0 bridgehead atoms. The fourth-order valence-corrected chi connectivity index (χ4v) is 2.89.